The van der Waals surface area contributed by atoms with E-state index >= 15 is 0 Å². The standard InChI is InChI=1S/C46H33N5/c1-3-4-7-16-31(2)44-47-45(32-17-8-5-9-18-32)49-46(48-44)51-41-24-15-13-22-37(41)39-29-33(26-28-42(39)51)34-25-27-38-36-21-12-14-23-40(36)50(43(38)30-34)35-19-10-6-11-20-35/h3-30H,1H2,2H3/b7-4-,31-16+. The fourth-order valence-electron chi connectivity index (χ4n) is 7.08. The van der Waals surface area contributed by atoms with Gasteiger partial charge in [0.25, 0.3) is 0 Å². The fraction of sp³-hybridized carbons (Fsp3) is 0.0217. The first kappa shape index (κ1) is 30.2. The van der Waals surface area contributed by atoms with E-state index < -0.39 is 0 Å². The highest BCUT2D eigenvalue weighted by molar-refractivity contribution is 6.12. The Balaban J connectivity index is 1.24. The summed E-state index contributed by atoms with van der Waals surface area (Å²) in [6, 6.07) is 51.3. The number of rotatable bonds is 7. The van der Waals surface area contributed by atoms with Gasteiger partial charge in [0.1, 0.15) is 0 Å². The highest BCUT2D eigenvalue weighted by Gasteiger charge is 2.19. The molecule has 0 N–H and O–H groups in total. The van der Waals surface area contributed by atoms with Crippen LogP contribution in [0.5, 0.6) is 0 Å². The van der Waals surface area contributed by atoms with E-state index in [2.05, 4.69) is 131 Å². The minimum atomic E-state index is 0.576. The third kappa shape index (κ3) is 5.23. The molecule has 0 aliphatic rings. The number of para-hydroxylation sites is 3. The van der Waals surface area contributed by atoms with Crippen molar-refractivity contribution in [3.63, 3.8) is 0 Å². The molecule has 242 valence electrons. The summed E-state index contributed by atoms with van der Waals surface area (Å²) in [5.74, 6) is 1.82. The molecule has 0 amide bonds. The first-order valence-electron chi connectivity index (χ1n) is 17.1. The SMILES string of the molecule is C=C/C=C\C=C(/C)c1nc(-c2ccccc2)nc(-n2c3ccccc3c3cc(-c4ccc5c6ccccc6n(-c6ccccc6)c5c4)ccc32)n1. The molecule has 5 heteroatoms. The van der Waals surface area contributed by atoms with Crippen molar-refractivity contribution in [2.75, 3.05) is 0 Å². The smallest absolute Gasteiger partial charge is 0.238 e. The Morgan fingerprint density at radius 3 is 1.88 bits per heavy atom. The summed E-state index contributed by atoms with van der Waals surface area (Å²) in [7, 11) is 0. The Morgan fingerprint density at radius 1 is 0.510 bits per heavy atom. The molecule has 9 rings (SSSR count). The van der Waals surface area contributed by atoms with Crippen LogP contribution in [0.1, 0.15) is 12.7 Å². The Hall–Kier alpha value is -6.85. The van der Waals surface area contributed by atoms with Crippen LogP contribution in [-0.4, -0.2) is 24.1 Å². The fourth-order valence-corrected chi connectivity index (χ4v) is 7.08. The largest absolute Gasteiger partial charge is 0.309 e. The summed E-state index contributed by atoms with van der Waals surface area (Å²) in [4.78, 5) is 15.1. The number of fused-ring (bicyclic) bond motifs is 6. The third-order valence-corrected chi connectivity index (χ3v) is 9.50. The van der Waals surface area contributed by atoms with Gasteiger partial charge in [0.15, 0.2) is 11.6 Å². The zero-order valence-corrected chi connectivity index (χ0v) is 28.1. The Morgan fingerprint density at radius 2 is 1.12 bits per heavy atom. The van der Waals surface area contributed by atoms with Gasteiger partial charge in [0.2, 0.25) is 5.95 Å². The van der Waals surface area contributed by atoms with Crippen molar-refractivity contribution in [3.8, 4) is 34.2 Å². The summed E-state index contributed by atoms with van der Waals surface area (Å²) in [6.07, 6.45) is 7.60. The molecule has 0 radical (unpaired) electrons. The van der Waals surface area contributed by atoms with Crippen LogP contribution in [0.2, 0.25) is 0 Å². The number of nitrogens with zero attached hydrogens (tertiary/aromatic N) is 5. The van der Waals surface area contributed by atoms with Gasteiger partial charge in [-0.15, -0.1) is 0 Å². The van der Waals surface area contributed by atoms with Gasteiger partial charge in [-0.2, -0.15) is 9.97 Å². The molecule has 0 aliphatic heterocycles. The average Bonchev–Trinajstić information content (AvgIpc) is 3.70. The Kier molecular flexibility index (Phi) is 7.44. The number of hydrogen-bond acceptors (Lipinski definition) is 3. The molecule has 0 aliphatic carbocycles. The van der Waals surface area contributed by atoms with Crippen LogP contribution in [0.15, 0.2) is 176 Å². The highest BCUT2D eigenvalue weighted by Crippen LogP contribution is 2.38. The quantitative estimate of drug-likeness (QED) is 0.161. The molecule has 0 atom stereocenters. The molecular weight excluding hydrogens is 623 g/mol. The molecule has 0 saturated carbocycles. The summed E-state index contributed by atoms with van der Waals surface area (Å²) < 4.78 is 4.53. The lowest BCUT2D eigenvalue weighted by molar-refractivity contribution is 0.930. The Bertz CT molecular complexity index is 2820. The second-order valence-electron chi connectivity index (χ2n) is 12.6. The lowest BCUT2D eigenvalue weighted by atomic mass is 10.0. The number of benzene rings is 6. The average molecular weight is 656 g/mol. The van der Waals surface area contributed by atoms with E-state index in [0.29, 0.717) is 17.6 Å². The molecule has 3 aromatic heterocycles. The van der Waals surface area contributed by atoms with Crippen LogP contribution in [0.25, 0.3) is 83.3 Å². The maximum absolute atomic E-state index is 5.08. The lowest BCUT2D eigenvalue weighted by Gasteiger charge is -2.11. The van der Waals surface area contributed by atoms with E-state index in [1.807, 2.05) is 55.5 Å². The van der Waals surface area contributed by atoms with Crippen LogP contribution in [0.3, 0.4) is 0 Å². The monoisotopic (exact) mass is 655 g/mol. The van der Waals surface area contributed by atoms with Crippen molar-refractivity contribution in [2.24, 2.45) is 0 Å². The zero-order valence-electron chi connectivity index (χ0n) is 28.1. The van der Waals surface area contributed by atoms with Gasteiger partial charge in [0, 0.05) is 32.8 Å². The first-order chi connectivity index (χ1) is 25.2. The van der Waals surface area contributed by atoms with E-state index in [1.54, 1.807) is 6.08 Å². The molecule has 0 bridgehead atoms. The second kappa shape index (κ2) is 12.6. The number of aromatic nitrogens is 5. The van der Waals surface area contributed by atoms with Gasteiger partial charge in [0.05, 0.1) is 22.1 Å². The second-order valence-corrected chi connectivity index (χ2v) is 12.6. The van der Waals surface area contributed by atoms with Crippen molar-refractivity contribution < 1.29 is 0 Å². The van der Waals surface area contributed by atoms with Crippen LogP contribution in [-0.2, 0) is 0 Å². The van der Waals surface area contributed by atoms with Gasteiger partial charge in [-0.3, -0.25) is 4.57 Å². The van der Waals surface area contributed by atoms with E-state index in [1.165, 1.54) is 21.8 Å². The molecule has 5 nitrogen and oxygen atoms in total. The molecule has 0 spiro atoms. The van der Waals surface area contributed by atoms with Crippen LogP contribution < -0.4 is 0 Å². The molecular formula is C46H33N5. The van der Waals surface area contributed by atoms with Crippen LogP contribution in [0.4, 0.5) is 0 Å². The van der Waals surface area contributed by atoms with Crippen LogP contribution in [0, 0.1) is 0 Å². The first-order valence-corrected chi connectivity index (χ1v) is 17.1. The molecule has 0 unspecified atom stereocenters. The summed E-state index contributed by atoms with van der Waals surface area (Å²) in [5, 5.41) is 4.75. The molecule has 0 fully saturated rings. The van der Waals surface area contributed by atoms with Gasteiger partial charge in [-0.05, 0) is 66.1 Å². The molecule has 0 saturated heterocycles. The topological polar surface area (TPSA) is 48.5 Å². The van der Waals surface area contributed by atoms with Gasteiger partial charge >= 0.3 is 0 Å². The molecule has 3 heterocycles. The number of hydrogen-bond donors (Lipinski definition) is 0. The van der Waals surface area contributed by atoms with E-state index in [0.717, 1.165) is 49.8 Å². The van der Waals surface area contributed by atoms with Crippen LogP contribution >= 0.6 is 0 Å². The normalized spacial score (nSPS) is 12.1. The Labute approximate surface area is 295 Å². The van der Waals surface area contributed by atoms with Crippen molar-refractivity contribution in [2.45, 2.75) is 6.92 Å². The third-order valence-electron chi connectivity index (χ3n) is 9.50. The maximum Gasteiger partial charge on any atom is 0.238 e. The maximum atomic E-state index is 5.08. The molecule has 51 heavy (non-hydrogen) atoms. The minimum Gasteiger partial charge on any atom is -0.309 e. The predicted molar refractivity (Wildman–Crippen MR) is 212 cm³/mol. The van der Waals surface area contributed by atoms with Crippen molar-refractivity contribution >= 4 is 49.2 Å². The molecule has 6 aromatic carbocycles. The summed E-state index contributed by atoms with van der Waals surface area (Å²) in [5.41, 5.74) is 9.76. The van der Waals surface area contributed by atoms with Gasteiger partial charge in [-0.1, -0.05) is 134 Å². The van der Waals surface area contributed by atoms with E-state index in [-0.39, 0.29) is 0 Å². The summed E-state index contributed by atoms with van der Waals surface area (Å²) in [6.45, 7) is 5.81. The van der Waals surface area contributed by atoms with Gasteiger partial charge in [-0.25, -0.2) is 4.98 Å². The van der Waals surface area contributed by atoms with Gasteiger partial charge < -0.3 is 4.57 Å². The van der Waals surface area contributed by atoms with Crippen molar-refractivity contribution in [3.05, 3.63) is 182 Å². The van der Waals surface area contributed by atoms with Crippen molar-refractivity contribution in [1.82, 2.24) is 24.1 Å². The minimum absolute atomic E-state index is 0.576. The van der Waals surface area contributed by atoms with E-state index in [4.69, 9.17) is 15.0 Å². The lowest BCUT2D eigenvalue weighted by Crippen LogP contribution is -2.07. The number of allylic oxidation sites excluding steroid dienone is 5. The highest BCUT2D eigenvalue weighted by atomic mass is 15.2. The van der Waals surface area contributed by atoms with E-state index in [9.17, 15) is 0 Å². The predicted octanol–water partition coefficient (Wildman–Crippen LogP) is 11.5. The van der Waals surface area contributed by atoms with Crippen molar-refractivity contribution in [1.29, 1.82) is 0 Å². The zero-order chi connectivity index (χ0) is 34.3. The summed E-state index contributed by atoms with van der Waals surface area (Å²) >= 11 is 0. The molecule has 9 aromatic rings.